The van der Waals surface area contributed by atoms with Gasteiger partial charge in [0.15, 0.2) is 8.32 Å². The van der Waals surface area contributed by atoms with Crippen molar-refractivity contribution < 1.29 is 9.35 Å². The van der Waals surface area contributed by atoms with Crippen molar-refractivity contribution in [3.8, 4) is 0 Å². The summed E-state index contributed by atoms with van der Waals surface area (Å²) in [5.74, 6) is 0. The fourth-order valence-electron chi connectivity index (χ4n) is 1.93. The molecule has 24 heavy (non-hydrogen) atoms. The van der Waals surface area contributed by atoms with Crippen molar-refractivity contribution >= 4 is 31.3 Å². The standard InChI is InChI=1S/C16H28ClN3O3Si/c1-10(9-23-24(7,8)16(4,5)6)18-13-11(2)12(3)19-15(17)14(13)20(21)22/h10H,9H2,1-8H3,(H,18,19)/t10-/m0/s1. The number of rotatable bonds is 6. The zero-order valence-corrected chi connectivity index (χ0v) is 17.5. The van der Waals surface area contributed by atoms with Gasteiger partial charge in [0.25, 0.3) is 0 Å². The number of nitrogens with zero attached hydrogens (tertiary/aromatic N) is 2. The molecule has 8 heteroatoms. The van der Waals surface area contributed by atoms with Crippen LogP contribution in [0.1, 0.15) is 39.0 Å². The second-order valence-electron chi connectivity index (χ2n) is 7.71. The molecule has 6 nitrogen and oxygen atoms in total. The lowest BCUT2D eigenvalue weighted by atomic mass is 10.1. The number of nitro groups is 1. The SMILES string of the molecule is Cc1nc(Cl)c([N+](=O)[O-])c(N[C@@H](C)CO[Si](C)(C)C(C)(C)C)c1C. The van der Waals surface area contributed by atoms with Gasteiger partial charge in [-0.1, -0.05) is 32.4 Å². The molecule has 136 valence electrons. The smallest absolute Gasteiger partial charge is 0.329 e. The van der Waals surface area contributed by atoms with E-state index < -0.39 is 13.2 Å². The van der Waals surface area contributed by atoms with Gasteiger partial charge in [0.2, 0.25) is 5.15 Å². The normalized spacial score (nSPS) is 13.7. The molecule has 0 saturated heterocycles. The minimum absolute atomic E-state index is 0.0885. The van der Waals surface area contributed by atoms with Crippen LogP contribution in [0.25, 0.3) is 0 Å². The quantitative estimate of drug-likeness (QED) is 0.325. The molecule has 0 aliphatic rings. The second kappa shape index (κ2) is 7.37. The zero-order chi connectivity index (χ0) is 18.9. The van der Waals surface area contributed by atoms with Gasteiger partial charge in [-0.25, -0.2) is 4.98 Å². The number of aryl methyl sites for hydroxylation is 1. The summed E-state index contributed by atoms with van der Waals surface area (Å²) in [5.41, 5.74) is 1.64. The Kier molecular flexibility index (Phi) is 6.41. The number of hydrogen-bond acceptors (Lipinski definition) is 5. The Morgan fingerprint density at radius 3 is 2.38 bits per heavy atom. The molecule has 0 aliphatic carbocycles. The Morgan fingerprint density at radius 1 is 1.38 bits per heavy atom. The highest BCUT2D eigenvalue weighted by molar-refractivity contribution is 6.74. The predicted octanol–water partition coefficient (Wildman–Crippen LogP) is 5.08. The summed E-state index contributed by atoms with van der Waals surface area (Å²) >= 11 is 5.98. The molecule has 1 N–H and O–H groups in total. The number of pyridine rings is 1. The molecule has 0 saturated carbocycles. The molecule has 0 radical (unpaired) electrons. The van der Waals surface area contributed by atoms with Gasteiger partial charge in [0.1, 0.15) is 5.69 Å². The van der Waals surface area contributed by atoms with Crippen LogP contribution in [0.2, 0.25) is 23.3 Å². The van der Waals surface area contributed by atoms with Crippen LogP contribution in [0.4, 0.5) is 11.4 Å². The lowest BCUT2D eigenvalue weighted by Crippen LogP contribution is -2.43. The lowest BCUT2D eigenvalue weighted by Gasteiger charge is -2.37. The molecule has 0 amide bonds. The van der Waals surface area contributed by atoms with Crippen LogP contribution in [0.15, 0.2) is 0 Å². The Morgan fingerprint density at radius 2 is 1.92 bits per heavy atom. The molecule has 1 aromatic heterocycles. The van der Waals surface area contributed by atoms with Gasteiger partial charge in [0.05, 0.1) is 11.5 Å². The van der Waals surface area contributed by atoms with Crippen molar-refractivity contribution in [2.24, 2.45) is 0 Å². The first-order valence-electron chi connectivity index (χ1n) is 7.99. The number of anilines is 1. The second-order valence-corrected chi connectivity index (χ2v) is 12.9. The monoisotopic (exact) mass is 373 g/mol. The zero-order valence-electron chi connectivity index (χ0n) is 15.8. The van der Waals surface area contributed by atoms with E-state index in [1.54, 1.807) is 13.8 Å². The van der Waals surface area contributed by atoms with E-state index in [0.29, 0.717) is 18.0 Å². The van der Waals surface area contributed by atoms with Gasteiger partial charge in [-0.05, 0) is 38.9 Å². The summed E-state index contributed by atoms with van der Waals surface area (Å²) in [6, 6.07) is -0.0885. The maximum absolute atomic E-state index is 11.4. The van der Waals surface area contributed by atoms with Crippen LogP contribution in [0.3, 0.4) is 0 Å². The van der Waals surface area contributed by atoms with Crippen LogP contribution in [-0.2, 0) is 4.43 Å². The number of nitrogens with one attached hydrogen (secondary N) is 1. The topological polar surface area (TPSA) is 77.3 Å². The first kappa shape index (κ1) is 20.9. The number of hydrogen-bond donors (Lipinski definition) is 1. The molecular formula is C16H28ClN3O3Si. The highest BCUT2D eigenvalue weighted by atomic mass is 35.5. The van der Waals surface area contributed by atoms with Gasteiger partial charge in [-0.2, -0.15) is 0 Å². The number of aromatic nitrogens is 1. The maximum Gasteiger partial charge on any atom is 0.329 e. The molecule has 0 aliphatic heterocycles. The maximum atomic E-state index is 11.4. The molecule has 1 heterocycles. The van der Waals surface area contributed by atoms with Crippen LogP contribution in [-0.4, -0.2) is 30.9 Å². The fraction of sp³-hybridized carbons (Fsp3) is 0.688. The average molecular weight is 374 g/mol. The summed E-state index contributed by atoms with van der Waals surface area (Å²) in [4.78, 5) is 14.9. The van der Waals surface area contributed by atoms with E-state index in [2.05, 4.69) is 44.2 Å². The third-order valence-corrected chi connectivity index (χ3v) is 9.45. The largest absolute Gasteiger partial charge is 0.415 e. The summed E-state index contributed by atoms with van der Waals surface area (Å²) < 4.78 is 6.19. The van der Waals surface area contributed by atoms with Crippen molar-refractivity contribution in [2.45, 2.75) is 65.7 Å². The minimum Gasteiger partial charge on any atom is -0.415 e. The van der Waals surface area contributed by atoms with Crippen LogP contribution < -0.4 is 5.32 Å². The van der Waals surface area contributed by atoms with E-state index in [0.717, 1.165) is 5.56 Å². The molecule has 1 aromatic rings. The van der Waals surface area contributed by atoms with Gasteiger partial charge < -0.3 is 9.74 Å². The Bertz CT molecular complexity index is 630. The van der Waals surface area contributed by atoms with E-state index in [1.807, 2.05) is 6.92 Å². The highest BCUT2D eigenvalue weighted by Crippen LogP contribution is 2.38. The van der Waals surface area contributed by atoms with Crippen LogP contribution in [0.5, 0.6) is 0 Å². The van der Waals surface area contributed by atoms with Crippen LogP contribution in [0, 0.1) is 24.0 Å². The summed E-state index contributed by atoms with van der Waals surface area (Å²) in [6.07, 6.45) is 0. The van der Waals surface area contributed by atoms with E-state index >= 15 is 0 Å². The molecule has 1 rings (SSSR count). The van der Waals surface area contributed by atoms with Crippen molar-refractivity contribution in [3.05, 3.63) is 26.5 Å². The Balaban J connectivity index is 2.99. The Labute approximate surface area is 150 Å². The van der Waals surface area contributed by atoms with Crippen molar-refractivity contribution in [2.75, 3.05) is 11.9 Å². The van der Waals surface area contributed by atoms with Crippen molar-refractivity contribution in [3.63, 3.8) is 0 Å². The minimum atomic E-state index is -1.87. The Hall–Kier alpha value is -1.18. The van der Waals surface area contributed by atoms with Crippen LogP contribution >= 0.6 is 11.6 Å². The van der Waals surface area contributed by atoms with Crippen molar-refractivity contribution in [1.29, 1.82) is 0 Å². The van der Waals surface area contributed by atoms with Gasteiger partial charge >= 0.3 is 5.69 Å². The van der Waals surface area contributed by atoms with Crippen molar-refractivity contribution in [1.82, 2.24) is 4.98 Å². The highest BCUT2D eigenvalue weighted by Gasteiger charge is 2.37. The first-order chi connectivity index (χ1) is 10.8. The van der Waals surface area contributed by atoms with E-state index in [1.165, 1.54) is 0 Å². The summed E-state index contributed by atoms with van der Waals surface area (Å²) in [6.45, 7) is 16.9. The molecule has 0 spiro atoms. The molecule has 0 aromatic carbocycles. The van der Waals surface area contributed by atoms with Gasteiger partial charge in [-0.3, -0.25) is 10.1 Å². The lowest BCUT2D eigenvalue weighted by molar-refractivity contribution is -0.384. The molecule has 0 bridgehead atoms. The molecular weight excluding hydrogens is 346 g/mol. The third-order valence-electron chi connectivity index (χ3n) is 4.69. The van der Waals surface area contributed by atoms with E-state index in [9.17, 15) is 10.1 Å². The third kappa shape index (κ3) is 4.68. The first-order valence-corrected chi connectivity index (χ1v) is 11.3. The van der Waals surface area contributed by atoms with E-state index in [-0.39, 0.29) is 21.9 Å². The summed E-state index contributed by atoms with van der Waals surface area (Å²) in [5, 5.41) is 14.6. The number of halogens is 1. The molecule has 0 unspecified atom stereocenters. The van der Waals surface area contributed by atoms with Gasteiger partial charge in [0, 0.05) is 17.3 Å². The van der Waals surface area contributed by atoms with Gasteiger partial charge in [-0.15, -0.1) is 0 Å². The predicted molar refractivity (Wildman–Crippen MR) is 102 cm³/mol. The fourth-order valence-corrected chi connectivity index (χ4v) is 3.32. The summed E-state index contributed by atoms with van der Waals surface area (Å²) in [7, 11) is -1.87. The van der Waals surface area contributed by atoms with E-state index in [4.69, 9.17) is 16.0 Å². The average Bonchev–Trinajstić information content (AvgIpc) is 2.40. The molecule has 0 fully saturated rings. The molecule has 1 atom stereocenters.